The predicted molar refractivity (Wildman–Crippen MR) is 120 cm³/mol. The molecule has 5 aliphatic rings. The van der Waals surface area contributed by atoms with Crippen molar-refractivity contribution in [3.05, 3.63) is 0 Å². The first-order valence-electron chi connectivity index (χ1n) is 12.2. The van der Waals surface area contributed by atoms with Crippen LogP contribution in [0.25, 0.3) is 0 Å². The number of fused-ring (bicyclic) bond motifs is 4. The number of hydrogen-bond donors (Lipinski definition) is 0. The van der Waals surface area contributed by atoms with E-state index in [9.17, 15) is 13.2 Å². The van der Waals surface area contributed by atoms with E-state index in [0.29, 0.717) is 23.2 Å². The molecule has 1 nitrogen and oxygen atoms in total. The fourth-order valence-corrected chi connectivity index (χ4v) is 9.57. The highest BCUT2D eigenvalue weighted by molar-refractivity contribution is 6.73. The van der Waals surface area contributed by atoms with E-state index < -0.39 is 27.8 Å². The van der Waals surface area contributed by atoms with Gasteiger partial charge in [-0.1, -0.05) is 41.9 Å². The van der Waals surface area contributed by atoms with Gasteiger partial charge in [-0.2, -0.15) is 13.2 Å². The Labute approximate surface area is 190 Å². The van der Waals surface area contributed by atoms with E-state index in [1.54, 1.807) is 14.4 Å². The molecule has 0 aromatic heterocycles. The van der Waals surface area contributed by atoms with Gasteiger partial charge >= 0.3 is 6.18 Å². The number of hydrogen-bond acceptors (Lipinski definition) is 1. The fourth-order valence-electron chi connectivity index (χ4n) is 9.57. The van der Waals surface area contributed by atoms with E-state index in [-0.39, 0.29) is 12.3 Å². The fraction of sp³-hybridized carbons (Fsp3) is 1.00. The molecule has 0 bridgehead atoms. The minimum absolute atomic E-state index is 0.0851. The van der Waals surface area contributed by atoms with Crippen LogP contribution in [-0.2, 0) is 4.74 Å². The molecule has 4 saturated carbocycles. The maximum absolute atomic E-state index is 14.0. The highest BCUT2D eigenvalue weighted by Crippen LogP contribution is 2.88. The van der Waals surface area contributed by atoms with Crippen LogP contribution in [0, 0.1) is 40.9 Å². The summed E-state index contributed by atoms with van der Waals surface area (Å²) in [4.78, 5) is 0. The molecule has 0 amide bonds. The molecule has 0 N–H and O–H groups in total. The van der Waals surface area contributed by atoms with Crippen LogP contribution in [0.15, 0.2) is 0 Å². The van der Waals surface area contributed by atoms with Gasteiger partial charge in [0.15, 0.2) is 0 Å². The first kappa shape index (κ1) is 22.8. The average Bonchev–Trinajstić information content (AvgIpc) is 3.10. The van der Waals surface area contributed by atoms with Gasteiger partial charge in [0, 0.05) is 19.6 Å². The van der Waals surface area contributed by atoms with Crippen molar-refractivity contribution in [2.24, 2.45) is 40.9 Å². The molecule has 7 radical (unpaired) electrons. The molecular formula is C23H32B4F3O. The normalized spacial score (nSPS) is 52.3. The summed E-state index contributed by atoms with van der Waals surface area (Å²) in [5.74, 6) is 0.583. The highest BCUT2D eigenvalue weighted by Gasteiger charge is 2.80. The van der Waals surface area contributed by atoms with Gasteiger partial charge in [0.25, 0.3) is 0 Å². The van der Waals surface area contributed by atoms with E-state index in [2.05, 4.69) is 6.92 Å². The lowest BCUT2D eigenvalue weighted by Crippen LogP contribution is -2.53. The van der Waals surface area contributed by atoms with Gasteiger partial charge in [-0.05, 0) is 73.5 Å². The van der Waals surface area contributed by atoms with E-state index in [1.165, 1.54) is 19.3 Å². The molecule has 5 fully saturated rings. The molecule has 1 aliphatic heterocycles. The first-order chi connectivity index (χ1) is 14.4. The van der Waals surface area contributed by atoms with Crippen molar-refractivity contribution in [2.75, 3.05) is 13.7 Å². The van der Waals surface area contributed by atoms with Crippen LogP contribution in [0.4, 0.5) is 13.2 Å². The third-order valence-corrected chi connectivity index (χ3v) is 10.8. The van der Waals surface area contributed by atoms with Crippen LogP contribution in [0.5, 0.6) is 0 Å². The van der Waals surface area contributed by atoms with Crippen molar-refractivity contribution in [2.45, 2.75) is 86.6 Å². The Kier molecular flexibility index (Phi) is 5.15. The molecule has 0 aromatic rings. The Balaban J connectivity index is 1.39. The maximum atomic E-state index is 14.0. The van der Waals surface area contributed by atoms with Crippen molar-refractivity contribution in [1.82, 2.24) is 0 Å². The quantitative estimate of drug-likeness (QED) is 0.452. The summed E-state index contributed by atoms with van der Waals surface area (Å²) in [6.07, 6.45) is 4.57. The van der Waals surface area contributed by atoms with Crippen LogP contribution in [0.2, 0.25) is 15.7 Å². The van der Waals surface area contributed by atoms with E-state index in [4.69, 9.17) is 28.3 Å². The number of methoxy groups -OCH3 is 1. The van der Waals surface area contributed by atoms with Gasteiger partial charge in [-0.25, -0.2) is 0 Å². The summed E-state index contributed by atoms with van der Waals surface area (Å²) in [6, 6.07) is 0. The molecular weight excluding hydrogens is 392 g/mol. The van der Waals surface area contributed by atoms with Gasteiger partial charge in [-0.15, -0.1) is 0 Å². The topological polar surface area (TPSA) is 9.23 Å². The molecule has 4 aliphatic carbocycles. The Morgan fingerprint density at radius 1 is 1.00 bits per heavy atom. The number of alkyl halides is 3. The third kappa shape index (κ3) is 3.04. The lowest BCUT2D eigenvalue weighted by molar-refractivity contribution is -0.194. The molecule has 1 heterocycles. The molecule has 163 valence electrons. The van der Waals surface area contributed by atoms with Gasteiger partial charge in [0.05, 0.1) is 23.5 Å². The van der Waals surface area contributed by atoms with Crippen molar-refractivity contribution in [3.8, 4) is 0 Å². The lowest BCUT2D eigenvalue weighted by atomic mass is 9.33. The summed E-state index contributed by atoms with van der Waals surface area (Å²) in [6.45, 7) is 3.30. The van der Waals surface area contributed by atoms with E-state index >= 15 is 0 Å². The second-order valence-electron chi connectivity index (χ2n) is 11.9. The summed E-state index contributed by atoms with van der Waals surface area (Å²) >= 11 is 0. The zero-order chi connectivity index (χ0) is 22.4. The molecule has 9 atom stereocenters. The molecule has 0 aromatic carbocycles. The zero-order valence-corrected chi connectivity index (χ0v) is 18.9. The lowest BCUT2D eigenvalue weighted by Gasteiger charge is -2.62. The van der Waals surface area contributed by atoms with Crippen LogP contribution < -0.4 is 0 Å². The Morgan fingerprint density at radius 2 is 1.68 bits per heavy atom. The Bertz CT molecular complexity index is 732. The second-order valence-corrected chi connectivity index (χ2v) is 11.9. The van der Waals surface area contributed by atoms with E-state index in [1.807, 2.05) is 0 Å². The molecule has 8 heteroatoms. The minimum Gasteiger partial charge on any atom is -0.385 e. The Morgan fingerprint density at radius 3 is 2.35 bits per heavy atom. The number of rotatable bonds is 4. The van der Waals surface area contributed by atoms with Gasteiger partial charge in [-0.3, -0.25) is 0 Å². The van der Waals surface area contributed by atoms with Crippen LogP contribution in [0.3, 0.4) is 0 Å². The van der Waals surface area contributed by atoms with Crippen LogP contribution in [0.1, 0.15) is 64.7 Å². The monoisotopic (exact) mass is 425 g/mol. The summed E-state index contributed by atoms with van der Waals surface area (Å²) in [5, 5.41) is -3.72. The smallest absolute Gasteiger partial charge is 0.385 e. The average molecular weight is 425 g/mol. The summed E-state index contributed by atoms with van der Waals surface area (Å²) in [5.41, 5.74) is 0.345. The molecule has 1 saturated heterocycles. The SMILES string of the molecule is [B]C1([B])CC2C3CCC4(C)C(CCCOC)CCC4C3CCC23[B]C3([B])C1C(F)(F)F. The second kappa shape index (κ2) is 7.01. The third-order valence-electron chi connectivity index (χ3n) is 10.8. The van der Waals surface area contributed by atoms with Gasteiger partial charge < -0.3 is 4.74 Å². The molecule has 31 heavy (non-hydrogen) atoms. The first-order valence-corrected chi connectivity index (χ1v) is 12.2. The zero-order valence-electron chi connectivity index (χ0n) is 18.9. The van der Waals surface area contributed by atoms with Crippen molar-refractivity contribution in [1.29, 1.82) is 0 Å². The maximum Gasteiger partial charge on any atom is 0.390 e. The van der Waals surface area contributed by atoms with Crippen LogP contribution >= 0.6 is 0 Å². The van der Waals surface area contributed by atoms with Crippen molar-refractivity contribution >= 4 is 30.8 Å². The highest BCUT2D eigenvalue weighted by atomic mass is 19.4. The van der Waals surface area contributed by atoms with E-state index in [0.717, 1.165) is 44.6 Å². The van der Waals surface area contributed by atoms with Gasteiger partial charge in [0.2, 0.25) is 0 Å². The standard InChI is InChI=1S/C23H32B4F3O/c1-19-9-7-15-14(16(19)6-5-13(19)4-3-11-31-2)8-10-20-17(15)12-21(24,25)18(23(28,29)30)22(20,26)27-20/h13-18H,3-12H2,1-2H3. The summed E-state index contributed by atoms with van der Waals surface area (Å²) < 4.78 is 47.2. The van der Waals surface area contributed by atoms with Gasteiger partial charge in [0.1, 0.15) is 7.28 Å². The van der Waals surface area contributed by atoms with Crippen molar-refractivity contribution < 1.29 is 17.9 Å². The molecule has 1 spiro atoms. The molecule has 9 unspecified atom stereocenters. The minimum atomic E-state index is -4.48. The largest absolute Gasteiger partial charge is 0.390 e. The number of halogens is 3. The number of ether oxygens (including phenoxy) is 1. The predicted octanol–water partition coefficient (Wildman–Crippen LogP) is 5.08. The summed E-state index contributed by atoms with van der Waals surface area (Å²) in [7, 11) is 22.5. The van der Waals surface area contributed by atoms with Crippen molar-refractivity contribution in [3.63, 3.8) is 0 Å². The van der Waals surface area contributed by atoms with Crippen LogP contribution in [-0.4, -0.2) is 50.7 Å². The Hall–Kier alpha value is 0.00974. The molecule has 5 rings (SSSR count).